The molecule has 4 saturated carbocycles. The van der Waals surface area contributed by atoms with Crippen molar-refractivity contribution in [3.63, 3.8) is 0 Å². The molecule has 134 valence electrons. The van der Waals surface area contributed by atoms with Crippen LogP contribution in [0.15, 0.2) is 18.2 Å². The van der Waals surface area contributed by atoms with Gasteiger partial charge in [-0.25, -0.2) is 4.79 Å². The number of ether oxygens (including phenoxy) is 2. The highest BCUT2D eigenvalue weighted by Crippen LogP contribution is 2.60. The topological polar surface area (TPSA) is 52.6 Å². The van der Waals surface area contributed by atoms with E-state index in [0.717, 1.165) is 24.8 Å². The number of hydrogen-bond donors (Lipinski definition) is 0. The van der Waals surface area contributed by atoms with Crippen LogP contribution in [0, 0.1) is 30.1 Å². The van der Waals surface area contributed by atoms with Crippen molar-refractivity contribution in [1.82, 2.24) is 0 Å². The van der Waals surface area contributed by atoms with Gasteiger partial charge in [-0.2, -0.15) is 0 Å². The van der Waals surface area contributed by atoms with Gasteiger partial charge < -0.3 is 9.47 Å². The van der Waals surface area contributed by atoms with E-state index in [1.165, 1.54) is 19.3 Å². The Labute approximate surface area is 148 Å². The zero-order chi connectivity index (χ0) is 17.6. The average molecular weight is 342 g/mol. The lowest BCUT2D eigenvalue weighted by atomic mass is 9.48. The van der Waals surface area contributed by atoms with Crippen LogP contribution in [0.4, 0.5) is 0 Å². The molecule has 0 radical (unpaired) electrons. The maximum Gasteiger partial charge on any atom is 0.338 e. The lowest BCUT2D eigenvalue weighted by Crippen LogP contribution is -2.51. The number of rotatable bonds is 5. The summed E-state index contributed by atoms with van der Waals surface area (Å²) in [5, 5.41) is 0. The van der Waals surface area contributed by atoms with Gasteiger partial charge in [0.25, 0.3) is 0 Å². The SMILES string of the molecule is COc1cc(C(=O)OCC(=O)C23CC4CC(CC(C4)C2)C3)ccc1C. The van der Waals surface area contributed by atoms with Crippen LogP contribution in [-0.2, 0) is 9.53 Å². The summed E-state index contributed by atoms with van der Waals surface area (Å²) in [6, 6.07) is 5.22. The van der Waals surface area contributed by atoms with E-state index in [1.807, 2.05) is 13.0 Å². The molecule has 1 aromatic rings. The fourth-order valence-corrected chi connectivity index (χ4v) is 5.77. The first-order valence-electron chi connectivity index (χ1n) is 9.34. The van der Waals surface area contributed by atoms with E-state index in [0.29, 0.717) is 29.1 Å². The first-order chi connectivity index (χ1) is 12.0. The van der Waals surface area contributed by atoms with Gasteiger partial charge in [-0.05, 0) is 80.9 Å². The zero-order valence-electron chi connectivity index (χ0n) is 15.0. The van der Waals surface area contributed by atoms with Crippen molar-refractivity contribution in [3.8, 4) is 5.75 Å². The van der Waals surface area contributed by atoms with Gasteiger partial charge in [0.2, 0.25) is 0 Å². The number of Topliss-reactive ketones (excluding diaryl/α,β-unsaturated/α-hetero) is 1. The molecule has 4 heteroatoms. The van der Waals surface area contributed by atoms with Crippen molar-refractivity contribution < 1.29 is 19.1 Å². The second-order valence-electron chi connectivity index (χ2n) is 8.38. The minimum absolute atomic E-state index is 0.0960. The number of esters is 1. The van der Waals surface area contributed by atoms with Crippen molar-refractivity contribution >= 4 is 11.8 Å². The lowest BCUT2D eigenvalue weighted by molar-refractivity contribution is -0.147. The van der Waals surface area contributed by atoms with Gasteiger partial charge in [-0.15, -0.1) is 0 Å². The molecule has 0 spiro atoms. The summed E-state index contributed by atoms with van der Waals surface area (Å²) in [4.78, 5) is 25.2. The maximum absolute atomic E-state index is 12.9. The highest BCUT2D eigenvalue weighted by atomic mass is 16.5. The van der Waals surface area contributed by atoms with Crippen LogP contribution in [0.3, 0.4) is 0 Å². The molecule has 0 aliphatic heterocycles. The predicted octanol–water partition coefficient (Wildman–Crippen LogP) is 3.95. The summed E-state index contributed by atoms with van der Waals surface area (Å²) in [5.41, 5.74) is 1.18. The second kappa shape index (κ2) is 6.15. The highest BCUT2D eigenvalue weighted by Gasteiger charge is 2.54. The normalized spacial score (nSPS) is 32.5. The van der Waals surface area contributed by atoms with E-state index in [2.05, 4.69) is 0 Å². The van der Waals surface area contributed by atoms with Crippen molar-refractivity contribution in [3.05, 3.63) is 29.3 Å². The molecule has 0 amide bonds. The van der Waals surface area contributed by atoms with Gasteiger partial charge in [0.15, 0.2) is 12.4 Å². The first kappa shape index (κ1) is 16.6. The Morgan fingerprint density at radius 3 is 2.24 bits per heavy atom. The molecule has 0 heterocycles. The van der Waals surface area contributed by atoms with Crippen LogP contribution in [-0.4, -0.2) is 25.5 Å². The van der Waals surface area contributed by atoms with Crippen molar-refractivity contribution in [2.24, 2.45) is 23.2 Å². The number of methoxy groups -OCH3 is 1. The van der Waals surface area contributed by atoms with Crippen molar-refractivity contribution in [2.45, 2.75) is 45.4 Å². The standard InChI is InChI=1S/C21H26O4/c1-13-3-4-17(8-18(13)24-2)20(23)25-12-19(22)21-9-14-5-15(10-21)7-16(6-14)11-21/h3-4,8,14-16H,5-7,9-12H2,1-2H3. The summed E-state index contributed by atoms with van der Waals surface area (Å²) in [5.74, 6) is 2.49. The third-order valence-corrected chi connectivity index (χ3v) is 6.61. The minimum Gasteiger partial charge on any atom is -0.496 e. The molecule has 4 nitrogen and oxygen atoms in total. The summed E-state index contributed by atoms with van der Waals surface area (Å²) in [7, 11) is 1.58. The largest absolute Gasteiger partial charge is 0.496 e. The summed E-state index contributed by atoms with van der Waals surface area (Å²) >= 11 is 0. The number of ketones is 1. The molecule has 4 aliphatic carbocycles. The zero-order valence-corrected chi connectivity index (χ0v) is 15.0. The molecule has 1 aromatic carbocycles. The van der Waals surface area contributed by atoms with Gasteiger partial charge in [-0.3, -0.25) is 4.79 Å². The molecule has 4 aliphatic rings. The monoisotopic (exact) mass is 342 g/mol. The minimum atomic E-state index is -0.448. The van der Waals surface area contributed by atoms with Gasteiger partial charge in [0.05, 0.1) is 12.7 Å². The fraction of sp³-hybridized carbons (Fsp3) is 0.619. The number of carbonyl (C=O) groups is 2. The van der Waals surface area contributed by atoms with E-state index in [-0.39, 0.29) is 17.8 Å². The second-order valence-corrected chi connectivity index (χ2v) is 8.38. The van der Waals surface area contributed by atoms with Crippen LogP contribution in [0.2, 0.25) is 0 Å². The molecule has 4 fully saturated rings. The predicted molar refractivity (Wildman–Crippen MR) is 93.6 cm³/mol. The Bertz CT molecular complexity index is 671. The van der Waals surface area contributed by atoms with Crippen LogP contribution in [0.5, 0.6) is 5.75 Å². The van der Waals surface area contributed by atoms with E-state index in [1.54, 1.807) is 19.2 Å². The first-order valence-corrected chi connectivity index (χ1v) is 9.34. The van der Waals surface area contributed by atoms with Gasteiger partial charge in [-0.1, -0.05) is 6.07 Å². The van der Waals surface area contributed by atoms with Crippen LogP contribution < -0.4 is 4.74 Å². The molecule has 0 N–H and O–H groups in total. The molecule has 0 unspecified atom stereocenters. The highest BCUT2D eigenvalue weighted by molar-refractivity contribution is 5.93. The molecule has 25 heavy (non-hydrogen) atoms. The number of carbonyl (C=O) groups excluding carboxylic acids is 2. The maximum atomic E-state index is 12.9. The molecule has 0 aromatic heterocycles. The molecular formula is C21H26O4. The molecule has 0 atom stereocenters. The van der Waals surface area contributed by atoms with Gasteiger partial charge in [0.1, 0.15) is 5.75 Å². The number of benzene rings is 1. The van der Waals surface area contributed by atoms with Crippen LogP contribution >= 0.6 is 0 Å². The van der Waals surface area contributed by atoms with Gasteiger partial charge >= 0.3 is 5.97 Å². The third kappa shape index (κ3) is 2.96. The van der Waals surface area contributed by atoms with Crippen LogP contribution in [0.25, 0.3) is 0 Å². The smallest absolute Gasteiger partial charge is 0.338 e. The van der Waals surface area contributed by atoms with E-state index in [4.69, 9.17) is 9.47 Å². The van der Waals surface area contributed by atoms with Crippen LogP contribution in [0.1, 0.15) is 54.4 Å². The number of hydrogen-bond acceptors (Lipinski definition) is 4. The van der Waals surface area contributed by atoms with Crippen molar-refractivity contribution in [2.75, 3.05) is 13.7 Å². The van der Waals surface area contributed by atoms with Crippen molar-refractivity contribution in [1.29, 1.82) is 0 Å². The summed E-state index contributed by atoms with van der Waals surface area (Å²) in [6.07, 6.45) is 6.93. The quantitative estimate of drug-likeness (QED) is 0.761. The van der Waals surface area contributed by atoms with E-state index in [9.17, 15) is 9.59 Å². The Morgan fingerprint density at radius 1 is 1.08 bits per heavy atom. The number of aryl methyl sites for hydroxylation is 1. The van der Waals surface area contributed by atoms with Gasteiger partial charge in [0, 0.05) is 5.41 Å². The average Bonchev–Trinajstić information content (AvgIpc) is 2.58. The Morgan fingerprint density at radius 2 is 1.68 bits per heavy atom. The fourth-order valence-electron chi connectivity index (χ4n) is 5.77. The molecule has 0 saturated heterocycles. The molecule has 4 bridgehead atoms. The summed E-state index contributed by atoms with van der Waals surface area (Å²) in [6.45, 7) is 1.83. The summed E-state index contributed by atoms with van der Waals surface area (Å²) < 4.78 is 10.6. The third-order valence-electron chi connectivity index (χ3n) is 6.61. The molecular weight excluding hydrogens is 316 g/mol. The Hall–Kier alpha value is -1.84. The van der Waals surface area contributed by atoms with E-state index >= 15 is 0 Å². The van der Waals surface area contributed by atoms with E-state index < -0.39 is 5.97 Å². The Kier molecular flexibility index (Phi) is 4.09. The lowest BCUT2D eigenvalue weighted by Gasteiger charge is -2.55. The Balaban J connectivity index is 1.41. The molecule has 5 rings (SSSR count).